The minimum absolute atomic E-state index is 0.677. The van der Waals surface area contributed by atoms with Gasteiger partial charge in [-0.05, 0) is 49.4 Å². The molecule has 3 aliphatic rings. The van der Waals surface area contributed by atoms with Gasteiger partial charge in [0.05, 0.1) is 0 Å². The summed E-state index contributed by atoms with van der Waals surface area (Å²) >= 11 is 0. The lowest BCUT2D eigenvalue weighted by Gasteiger charge is -2.33. The molecule has 0 atom stereocenters. The molecule has 0 aliphatic heterocycles. The fourth-order valence-electron chi connectivity index (χ4n) is 2.75. The molecule has 0 N–H and O–H groups in total. The predicted octanol–water partition coefficient (Wildman–Crippen LogP) is 3.22. The Morgan fingerprint density at radius 2 is 1.80 bits per heavy atom. The summed E-state index contributed by atoms with van der Waals surface area (Å²) in [5.74, 6) is 2.24. The van der Waals surface area contributed by atoms with E-state index in [-0.39, 0.29) is 0 Å². The summed E-state index contributed by atoms with van der Waals surface area (Å²) < 4.78 is 0. The first-order valence-corrected chi connectivity index (χ1v) is 4.66. The number of rotatable bonds is 0. The molecule has 0 aromatic heterocycles. The van der Waals surface area contributed by atoms with Crippen molar-refractivity contribution in [2.45, 2.75) is 46.0 Å². The van der Waals surface area contributed by atoms with Gasteiger partial charge in [0.25, 0.3) is 0 Å². The lowest BCUT2D eigenvalue weighted by atomic mass is 9.72. The summed E-state index contributed by atoms with van der Waals surface area (Å²) in [5, 5.41) is 0. The van der Waals surface area contributed by atoms with Crippen molar-refractivity contribution in [1.29, 1.82) is 0 Å². The molecule has 0 heteroatoms. The minimum atomic E-state index is 0.677. The van der Waals surface area contributed by atoms with Crippen LogP contribution in [0, 0.1) is 17.3 Å². The maximum absolute atomic E-state index is 2.44. The number of hydrogen-bond donors (Lipinski definition) is 0. The van der Waals surface area contributed by atoms with Crippen LogP contribution >= 0.6 is 0 Å². The average molecular weight is 138 g/mol. The van der Waals surface area contributed by atoms with E-state index in [1.165, 1.54) is 19.3 Å². The summed E-state index contributed by atoms with van der Waals surface area (Å²) in [6, 6.07) is 0. The molecule has 0 aromatic carbocycles. The van der Waals surface area contributed by atoms with Crippen LogP contribution in [0.25, 0.3) is 0 Å². The molecule has 0 nitrogen and oxygen atoms in total. The molecular formula is C10H18. The molecule has 0 saturated heterocycles. The third-order valence-electron chi connectivity index (χ3n) is 3.40. The molecule has 58 valence electrons. The zero-order valence-electron chi connectivity index (χ0n) is 7.19. The van der Waals surface area contributed by atoms with E-state index in [1.54, 1.807) is 12.8 Å². The van der Waals surface area contributed by atoms with Crippen LogP contribution in [-0.2, 0) is 0 Å². The number of fused-ring (bicyclic) bond motifs is 3. The van der Waals surface area contributed by atoms with E-state index in [4.69, 9.17) is 0 Å². The van der Waals surface area contributed by atoms with Gasteiger partial charge in [0.15, 0.2) is 0 Å². The fourth-order valence-corrected chi connectivity index (χ4v) is 2.75. The van der Waals surface area contributed by atoms with E-state index >= 15 is 0 Å². The first-order valence-electron chi connectivity index (χ1n) is 4.66. The van der Waals surface area contributed by atoms with Gasteiger partial charge in [-0.2, -0.15) is 0 Å². The molecule has 0 aromatic rings. The summed E-state index contributed by atoms with van der Waals surface area (Å²) in [6.45, 7) is 4.88. The molecule has 0 heterocycles. The quantitative estimate of drug-likeness (QED) is 0.482. The van der Waals surface area contributed by atoms with Crippen molar-refractivity contribution in [3.8, 4) is 0 Å². The van der Waals surface area contributed by atoms with Gasteiger partial charge in [-0.1, -0.05) is 13.8 Å². The van der Waals surface area contributed by atoms with E-state index in [0.717, 1.165) is 11.8 Å². The van der Waals surface area contributed by atoms with Crippen LogP contribution in [0.3, 0.4) is 0 Å². The Morgan fingerprint density at radius 1 is 1.10 bits per heavy atom. The molecule has 0 spiro atoms. The first kappa shape index (κ1) is 6.69. The second-order valence-corrected chi connectivity index (χ2v) is 5.11. The molecule has 3 fully saturated rings. The Bertz CT molecular complexity index is 129. The maximum Gasteiger partial charge on any atom is -0.0351 e. The largest absolute Gasteiger partial charge is 0.0599 e. The first-order chi connectivity index (χ1) is 4.66. The van der Waals surface area contributed by atoms with Crippen molar-refractivity contribution in [3.63, 3.8) is 0 Å². The van der Waals surface area contributed by atoms with Crippen LogP contribution in [0.4, 0.5) is 0 Å². The van der Waals surface area contributed by atoms with Gasteiger partial charge in [0.1, 0.15) is 0 Å². The topological polar surface area (TPSA) is 0 Å². The third-order valence-corrected chi connectivity index (χ3v) is 3.40. The standard InChI is InChI=1S/C10H18/c1-10(2)4-3-8-5-9(6-8)7-10/h8-9H,3-7H2,1-2H3. The highest BCUT2D eigenvalue weighted by Gasteiger charge is 2.37. The molecule has 3 saturated carbocycles. The van der Waals surface area contributed by atoms with Crippen LogP contribution in [0.2, 0.25) is 0 Å². The molecule has 3 rings (SSSR count). The monoisotopic (exact) mass is 138 g/mol. The average Bonchev–Trinajstić information content (AvgIpc) is 1.91. The zero-order chi connectivity index (χ0) is 7.19. The van der Waals surface area contributed by atoms with Crippen molar-refractivity contribution < 1.29 is 0 Å². The second-order valence-electron chi connectivity index (χ2n) is 5.11. The maximum atomic E-state index is 2.44. The molecule has 2 bridgehead atoms. The van der Waals surface area contributed by atoms with Gasteiger partial charge >= 0.3 is 0 Å². The molecule has 0 unspecified atom stereocenters. The number of hydrogen-bond acceptors (Lipinski definition) is 0. The van der Waals surface area contributed by atoms with E-state index in [1.807, 2.05) is 0 Å². The van der Waals surface area contributed by atoms with Crippen molar-refractivity contribution >= 4 is 0 Å². The van der Waals surface area contributed by atoms with Gasteiger partial charge in [0.2, 0.25) is 0 Å². The SMILES string of the molecule is CC1(C)CCC2CC(C2)C1. The zero-order valence-corrected chi connectivity index (χ0v) is 7.19. The van der Waals surface area contributed by atoms with Crippen molar-refractivity contribution in [2.24, 2.45) is 17.3 Å². The smallest absolute Gasteiger partial charge is 0.0351 e. The Kier molecular flexibility index (Phi) is 1.33. The van der Waals surface area contributed by atoms with E-state index in [9.17, 15) is 0 Å². The molecule has 0 amide bonds. The van der Waals surface area contributed by atoms with Crippen molar-refractivity contribution in [1.82, 2.24) is 0 Å². The van der Waals surface area contributed by atoms with E-state index in [2.05, 4.69) is 13.8 Å². The normalized spacial score (nSPS) is 43.8. The highest BCUT2D eigenvalue weighted by molar-refractivity contribution is 4.89. The lowest BCUT2D eigenvalue weighted by Crippen LogP contribution is -2.22. The minimum Gasteiger partial charge on any atom is -0.0599 e. The van der Waals surface area contributed by atoms with Gasteiger partial charge in [0, 0.05) is 0 Å². The van der Waals surface area contributed by atoms with Crippen LogP contribution < -0.4 is 0 Å². The van der Waals surface area contributed by atoms with Gasteiger partial charge in [-0.25, -0.2) is 0 Å². The Morgan fingerprint density at radius 3 is 2.50 bits per heavy atom. The summed E-state index contributed by atoms with van der Waals surface area (Å²) in [4.78, 5) is 0. The lowest BCUT2D eigenvalue weighted by molar-refractivity contribution is 0.179. The molecule has 10 heavy (non-hydrogen) atoms. The summed E-state index contributed by atoms with van der Waals surface area (Å²) in [6.07, 6.45) is 7.62. The van der Waals surface area contributed by atoms with Crippen LogP contribution in [0.1, 0.15) is 46.0 Å². The van der Waals surface area contributed by atoms with Gasteiger partial charge in [-0.3, -0.25) is 0 Å². The molecular weight excluding hydrogens is 120 g/mol. The van der Waals surface area contributed by atoms with Crippen LogP contribution in [0.15, 0.2) is 0 Å². The Balaban J connectivity index is 2.03. The van der Waals surface area contributed by atoms with E-state index in [0.29, 0.717) is 5.41 Å². The van der Waals surface area contributed by atoms with E-state index < -0.39 is 0 Å². The van der Waals surface area contributed by atoms with Gasteiger partial charge < -0.3 is 0 Å². The second kappa shape index (κ2) is 1.99. The van der Waals surface area contributed by atoms with Crippen LogP contribution in [0.5, 0.6) is 0 Å². The predicted molar refractivity (Wildman–Crippen MR) is 43.8 cm³/mol. The summed E-state index contributed by atoms with van der Waals surface area (Å²) in [5.41, 5.74) is 0.677. The fraction of sp³-hybridized carbons (Fsp3) is 1.00. The van der Waals surface area contributed by atoms with Crippen LogP contribution in [-0.4, -0.2) is 0 Å². The molecule has 3 aliphatic carbocycles. The van der Waals surface area contributed by atoms with Crippen molar-refractivity contribution in [3.05, 3.63) is 0 Å². The summed E-state index contributed by atoms with van der Waals surface area (Å²) in [7, 11) is 0. The van der Waals surface area contributed by atoms with Crippen molar-refractivity contribution in [2.75, 3.05) is 0 Å². The highest BCUT2D eigenvalue weighted by atomic mass is 14.4. The molecule has 0 radical (unpaired) electrons. The van der Waals surface area contributed by atoms with Gasteiger partial charge in [-0.15, -0.1) is 0 Å². The highest BCUT2D eigenvalue weighted by Crippen LogP contribution is 2.49. The third kappa shape index (κ3) is 1.09. The Hall–Kier alpha value is 0. The Labute approximate surface area is 64.0 Å².